The van der Waals surface area contributed by atoms with Crippen LogP contribution in [0.5, 0.6) is 0 Å². The number of alkyl halides is 3. The summed E-state index contributed by atoms with van der Waals surface area (Å²) < 4.78 is 31.7. The number of carbonyl (C=O) groups is 2. The number of hydrogen-bond acceptors (Lipinski definition) is 6. The van der Waals surface area contributed by atoms with Gasteiger partial charge < -0.3 is 21.1 Å². The Kier molecular flexibility index (Phi) is 10.3. The second kappa shape index (κ2) is 11.9. The lowest BCUT2D eigenvalue weighted by Crippen LogP contribution is -2.32. The number of carbonyl (C=O) groups excluding carboxylic acids is 1. The number of aliphatic carboxylic acids is 1. The Morgan fingerprint density at radius 2 is 1.81 bits per heavy atom. The summed E-state index contributed by atoms with van der Waals surface area (Å²) in [6.45, 7) is 5.65. The fraction of sp³-hybridized carbons (Fsp3) is 0.684. The molecule has 1 aromatic heterocycles. The topological polar surface area (TPSA) is 121 Å². The molecule has 1 aliphatic rings. The molecule has 4 N–H and O–H groups in total. The molecular weight excluding hydrogens is 439 g/mol. The van der Waals surface area contributed by atoms with Gasteiger partial charge >= 0.3 is 12.1 Å². The van der Waals surface area contributed by atoms with E-state index in [1.165, 1.54) is 32.1 Å². The molecule has 176 valence electrons. The van der Waals surface area contributed by atoms with Crippen LogP contribution in [-0.4, -0.2) is 53.3 Å². The maximum Gasteiger partial charge on any atom is 0.490 e. The van der Waals surface area contributed by atoms with Gasteiger partial charge in [-0.25, -0.2) is 14.8 Å². The van der Waals surface area contributed by atoms with Crippen LogP contribution in [0.15, 0.2) is 0 Å². The highest BCUT2D eigenvalue weighted by Crippen LogP contribution is 2.25. The number of aromatic nitrogens is 2. The Bertz CT molecular complexity index is 756. The van der Waals surface area contributed by atoms with Gasteiger partial charge in [0.05, 0.1) is 0 Å². The predicted octanol–water partition coefficient (Wildman–Crippen LogP) is 3.75. The number of amides is 1. The van der Waals surface area contributed by atoms with E-state index in [-0.39, 0.29) is 22.6 Å². The minimum Gasteiger partial charge on any atom is -0.475 e. The molecule has 12 heteroatoms. The van der Waals surface area contributed by atoms with Gasteiger partial charge in [0, 0.05) is 20.1 Å². The first kappa shape index (κ1) is 26.7. The van der Waals surface area contributed by atoms with E-state index >= 15 is 0 Å². The number of nitrogens with zero attached hydrogens (tertiary/aromatic N) is 3. The van der Waals surface area contributed by atoms with Crippen molar-refractivity contribution >= 4 is 35.1 Å². The van der Waals surface area contributed by atoms with Gasteiger partial charge in [0.25, 0.3) is 5.91 Å². The molecule has 1 saturated carbocycles. The molecule has 0 saturated heterocycles. The average molecular weight is 468 g/mol. The zero-order valence-corrected chi connectivity index (χ0v) is 18.6. The van der Waals surface area contributed by atoms with E-state index in [0.717, 1.165) is 6.54 Å². The number of rotatable bonds is 6. The van der Waals surface area contributed by atoms with Gasteiger partial charge in [-0.1, -0.05) is 44.7 Å². The SMILES string of the molecule is CC(C)CN(C)c1nc(N)c(C(=O)NCC2CCCCC2)nc1Cl.O=C(O)C(F)(F)F. The van der Waals surface area contributed by atoms with Gasteiger partial charge in [0.2, 0.25) is 0 Å². The fourth-order valence-corrected chi connectivity index (χ4v) is 3.45. The fourth-order valence-electron chi connectivity index (χ4n) is 3.17. The molecule has 0 spiro atoms. The Labute approximate surface area is 184 Å². The first-order valence-corrected chi connectivity index (χ1v) is 10.3. The van der Waals surface area contributed by atoms with Crippen molar-refractivity contribution in [3.63, 3.8) is 0 Å². The smallest absolute Gasteiger partial charge is 0.475 e. The van der Waals surface area contributed by atoms with Crippen molar-refractivity contribution in [1.82, 2.24) is 15.3 Å². The van der Waals surface area contributed by atoms with E-state index in [2.05, 4.69) is 29.1 Å². The van der Waals surface area contributed by atoms with Gasteiger partial charge in [-0.05, 0) is 24.7 Å². The number of anilines is 2. The monoisotopic (exact) mass is 467 g/mol. The van der Waals surface area contributed by atoms with Crippen molar-refractivity contribution < 1.29 is 27.9 Å². The van der Waals surface area contributed by atoms with Crippen LogP contribution in [0.3, 0.4) is 0 Å². The molecule has 0 aromatic carbocycles. The summed E-state index contributed by atoms with van der Waals surface area (Å²) in [7, 11) is 1.89. The highest BCUT2D eigenvalue weighted by molar-refractivity contribution is 6.32. The minimum absolute atomic E-state index is 0.109. The van der Waals surface area contributed by atoms with Crippen molar-refractivity contribution in [2.24, 2.45) is 11.8 Å². The van der Waals surface area contributed by atoms with Crippen molar-refractivity contribution in [2.45, 2.75) is 52.1 Å². The maximum absolute atomic E-state index is 12.4. The molecule has 1 aromatic rings. The molecule has 1 heterocycles. The first-order valence-electron chi connectivity index (χ1n) is 9.95. The number of carboxylic acid groups (broad SMARTS) is 1. The lowest BCUT2D eigenvalue weighted by Gasteiger charge is -2.23. The number of carboxylic acids is 1. The highest BCUT2D eigenvalue weighted by Gasteiger charge is 2.38. The Hall–Kier alpha value is -2.30. The zero-order valence-electron chi connectivity index (χ0n) is 17.8. The summed E-state index contributed by atoms with van der Waals surface area (Å²) in [5, 5.41) is 10.3. The van der Waals surface area contributed by atoms with Gasteiger partial charge in [0.1, 0.15) is 0 Å². The lowest BCUT2D eigenvalue weighted by atomic mass is 9.89. The molecule has 1 amide bonds. The van der Waals surface area contributed by atoms with Crippen LogP contribution >= 0.6 is 11.6 Å². The van der Waals surface area contributed by atoms with E-state index in [1.54, 1.807) is 0 Å². The molecule has 0 aliphatic heterocycles. The molecule has 0 radical (unpaired) electrons. The third-order valence-electron chi connectivity index (χ3n) is 4.60. The van der Waals surface area contributed by atoms with Crippen LogP contribution in [0.1, 0.15) is 56.4 Å². The first-order chi connectivity index (χ1) is 14.3. The van der Waals surface area contributed by atoms with Crippen molar-refractivity contribution in [2.75, 3.05) is 30.8 Å². The summed E-state index contributed by atoms with van der Waals surface area (Å²) >= 11 is 6.22. The quantitative estimate of drug-likeness (QED) is 0.582. The lowest BCUT2D eigenvalue weighted by molar-refractivity contribution is -0.192. The van der Waals surface area contributed by atoms with Gasteiger partial charge in [-0.2, -0.15) is 13.2 Å². The molecule has 31 heavy (non-hydrogen) atoms. The average Bonchev–Trinajstić information content (AvgIpc) is 2.67. The van der Waals surface area contributed by atoms with Gasteiger partial charge in [-0.3, -0.25) is 4.79 Å². The van der Waals surface area contributed by atoms with Crippen LogP contribution < -0.4 is 16.0 Å². The van der Waals surface area contributed by atoms with E-state index in [1.807, 2.05) is 11.9 Å². The minimum atomic E-state index is -5.08. The maximum atomic E-state index is 12.4. The van der Waals surface area contributed by atoms with Crippen molar-refractivity contribution in [3.8, 4) is 0 Å². The summed E-state index contributed by atoms with van der Waals surface area (Å²) in [5.74, 6) is -1.44. The number of halogens is 4. The standard InChI is InChI=1S/C17H28ClN5O.C2HF3O2/c1-11(2)10-23(3)16-14(18)21-13(15(19)22-16)17(24)20-9-12-7-5-4-6-8-12;3-2(4,5)1(6)7/h11-12H,4-10H2,1-3H3,(H2,19,22)(H,20,24);(H,6,7). The van der Waals surface area contributed by atoms with Crippen molar-refractivity contribution in [1.29, 1.82) is 0 Å². The largest absolute Gasteiger partial charge is 0.490 e. The summed E-state index contributed by atoms with van der Waals surface area (Å²) in [4.78, 5) is 31.6. The Balaban J connectivity index is 0.000000592. The van der Waals surface area contributed by atoms with E-state index in [9.17, 15) is 18.0 Å². The Morgan fingerprint density at radius 3 is 2.29 bits per heavy atom. The van der Waals surface area contributed by atoms with Crippen LogP contribution in [0.2, 0.25) is 5.15 Å². The molecular formula is C19H29ClF3N5O3. The number of hydrogen-bond donors (Lipinski definition) is 3. The zero-order chi connectivity index (χ0) is 23.8. The summed E-state index contributed by atoms with van der Waals surface area (Å²) in [5.41, 5.74) is 6.06. The molecule has 0 bridgehead atoms. The molecule has 1 aliphatic carbocycles. The second-order valence-electron chi connectivity index (χ2n) is 7.86. The third-order valence-corrected chi connectivity index (χ3v) is 4.85. The number of nitrogen functional groups attached to an aromatic ring is 1. The van der Waals surface area contributed by atoms with Crippen molar-refractivity contribution in [3.05, 3.63) is 10.8 Å². The van der Waals surface area contributed by atoms with E-state index in [0.29, 0.717) is 24.2 Å². The molecule has 0 unspecified atom stereocenters. The van der Waals surface area contributed by atoms with E-state index in [4.69, 9.17) is 27.2 Å². The Morgan fingerprint density at radius 1 is 1.26 bits per heavy atom. The number of nitrogens with two attached hydrogens (primary N) is 1. The molecule has 2 rings (SSSR count). The van der Waals surface area contributed by atoms with Crippen LogP contribution in [0, 0.1) is 11.8 Å². The highest BCUT2D eigenvalue weighted by atomic mass is 35.5. The normalized spacial score (nSPS) is 14.6. The molecule has 8 nitrogen and oxygen atoms in total. The van der Waals surface area contributed by atoms with Gasteiger partial charge in [0.15, 0.2) is 22.5 Å². The number of nitrogens with one attached hydrogen (secondary N) is 1. The summed E-state index contributed by atoms with van der Waals surface area (Å²) in [6.07, 6.45) is 1.03. The molecule has 0 atom stereocenters. The van der Waals surface area contributed by atoms with Crippen LogP contribution in [0.25, 0.3) is 0 Å². The summed E-state index contributed by atoms with van der Waals surface area (Å²) in [6, 6.07) is 0. The molecule has 1 fully saturated rings. The van der Waals surface area contributed by atoms with Crippen LogP contribution in [-0.2, 0) is 4.79 Å². The van der Waals surface area contributed by atoms with Gasteiger partial charge in [-0.15, -0.1) is 0 Å². The third kappa shape index (κ3) is 9.16. The predicted molar refractivity (Wildman–Crippen MR) is 112 cm³/mol. The van der Waals surface area contributed by atoms with Crippen LogP contribution in [0.4, 0.5) is 24.8 Å². The van der Waals surface area contributed by atoms with E-state index < -0.39 is 12.1 Å². The second-order valence-corrected chi connectivity index (χ2v) is 8.22.